The molecule has 0 atom stereocenters. The molecular formula is C21H23N3O2S. The van der Waals surface area contributed by atoms with Gasteiger partial charge in [-0.1, -0.05) is 42.5 Å². The van der Waals surface area contributed by atoms with Crippen LogP contribution in [-0.4, -0.2) is 34.9 Å². The smallest absolute Gasteiger partial charge is 0.255 e. The van der Waals surface area contributed by atoms with Crippen LogP contribution in [0.4, 0.5) is 5.69 Å². The predicted octanol–water partition coefficient (Wildman–Crippen LogP) is 3.37. The molecule has 0 spiro atoms. The molecule has 0 unspecified atom stereocenters. The lowest BCUT2D eigenvalue weighted by atomic mass is 10.1. The number of benzene rings is 2. The average Bonchev–Trinajstić information content (AvgIpc) is 3.22. The minimum atomic E-state index is -0.153. The van der Waals surface area contributed by atoms with Gasteiger partial charge >= 0.3 is 0 Å². The van der Waals surface area contributed by atoms with Crippen molar-refractivity contribution in [1.82, 2.24) is 10.2 Å². The Morgan fingerprint density at radius 1 is 0.963 bits per heavy atom. The van der Waals surface area contributed by atoms with Gasteiger partial charge in [0, 0.05) is 19.5 Å². The van der Waals surface area contributed by atoms with E-state index in [1.54, 1.807) is 12.1 Å². The van der Waals surface area contributed by atoms with E-state index in [1.165, 1.54) is 0 Å². The first-order valence-electron chi connectivity index (χ1n) is 9.16. The largest absolute Gasteiger partial charge is 0.339 e. The zero-order chi connectivity index (χ0) is 19.1. The molecule has 6 heteroatoms. The number of nitrogens with zero attached hydrogens (tertiary/aromatic N) is 1. The highest BCUT2D eigenvalue weighted by molar-refractivity contribution is 7.80. The van der Waals surface area contributed by atoms with Crippen LogP contribution >= 0.6 is 12.2 Å². The van der Waals surface area contributed by atoms with E-state index in [4.69, 9.17) is 12.2 Å². The quantitative estimate of drug-likeness (QED) is 0.780. The van der Waals surface area contributed by atoms with E-state index in [0.717, 1.165) is 31.5 Å². The Balaban J connectivity index is 1.56. The molecule has 140 valence electrons. The third-order valence-electron chi connectivity index (χ3n) is 4.54. The molecule has 0 saturated carbocycles. The Hall–Kier alpha value is -2.73. The Morgan fingerprint density at radius 3 is 2.37 bits per heavy atom. The number of nitrogens with one attached hydrogen (secondary N) is 2. The normalized spacial score (nSPS) is 13.3. The first kappa shape index (κ1) is 19.0. The number of carbonyl (C=O) groups excluding carboxylic acids is 2. The fourth-order valence-corrected chi connectivity index (χ4v) is 3.34. The minimum Gasteiger partial charge on any atom is -0.339 e. The second-order valence-corrected chi connectivity index (χ2v) is 6.94. The summed E-state index contributed by atoms with van der Waals surface area (Å²) in [5, 5.41) is 5.89. The van der Waals surface area contributed by atoms with Crippen molar-refractivity contribution in [2.75, 3.05) is 18.4 Å². The number of carbonyl (C=O) groups is 2. The number of thiocarbonyl (C=S) groups is 1. The summed E-state index contributed by atoms with van der Waals surface area (Å²) in [5.74, 6) is -0.159. The molecule has 0 aliphatic carbocycles. The van der Waals surface area contributed by atoms with Crippen LogP contribution in [0.1, 0.15) is 35.2 Å². The SMILES string of the molecule is O=C(CCc1ccccc1)NC(=S)Nc1ccccc1C(=O)N1CCCC1. The van der Waals surface area contributed by atoms with Crippen LogP contribution in [0, 0.1) is 0 Å². The Morgan fingerprint density at radius 2 is 1.63 bits per heavy atom. The lowest BCUT2D eigenvalue weighted by Crippen LogP contribution is -2.35. The molecule has 0 radical (unpaired) electrons. The van der Waals surface area contributed by atoms with E-state index in [1.807, 2.05) is 47.4 Å². The molecular weight excluding hydrogens is 358 g/mol. The van der Waals surface area contributed by atoms with E-state index < -0.39 is 0 Å². The van der Waals surface area contributed by atoms with Crippen molar-refractivity contribution in [3.63, 3.8) is 0 Å². The van der Waals surface area contributed by atoms with Crippen LogP contribution in [0.5, 0.6) is 0 Å². The van der Waals surface area contributed by atoms with Gasteiger partial charge in [-0.05, 0) is 49.2 Å². The highest BCUT2D eigenvalue weighted by Gasteiger charge is 2.22. The second-order valence-electron chi connectivity index (χ2n) is 6.53. The highest BCUT2D eigenvalue weighted by atomic mass is 32.1. The van der Waals surface area contributed by atoms with Gasteiger partial charge in [0.2, 0.25) is 5.91 Å². The molecule has 1 aliphatic rings. The molecule has 1 heterocycles. The molecule has 0 bridgehead atoms. The van der Waals surface area contributed by atoms with Crippen LogP contribution in [-0.2, 0) is 11.2 Å². The summed E-state index contributed by atoms with van der Waals surface area (Å²) >= 11 is 5.26. The molecule has 5 nitrogen and oxygen atoms in total. The number of amides is 2. The van der Waals surface area contributed by atoms with Crippen molar-refractivity contribution in [1.29, 1.82) is 0 Å². The van der Waals surface area contributed by atoms with Gasteiger partial charge in [-0.3, -0.25) is 9.59 Å². The molecule has 27 heavy (non-hydrogen) atoms. The maximum absolute atomic E-state index is 12.7. The maximum Gasteiger partial charge on any atom is 0.255 e. The number of hydrogen-bond acceptors (Lipinski definition) is 3. The van der Waals surface area contributed by atoms with Gasteiger partial charge in [0.1, 0.15) is 0 Å². The van der Waals surface area contributed by atoms with Crippen LogP contribution in [0.3, 0.4) is 0 Å². The van der Waals surface area contributed by atoms with Gasteiger partial charge < -0.3 is 15.5 Å². The number of aryl methyl sites for hydroxylation is 1. The fourth-order valence-electron chi connectivity index (χ4n) is 3.11. The minimum absolute atomic E-state index is 0.00574. The van der Waals surface area contributed by atoms with Crippen LogP contribution in [0.25, 0.3) is 0 Å². The van der Waals surface area contributed by atoms with Crippen molar-refractivity contribution in [3.05, 3.63) is 65.7 Å². The second kappa shape index (κ2) is 9.28. The van der Waals surface area contributed by atoms with Gasteiger partial charge in [0.15, 0.2) is 5.11 Å². The molecule has 1 saturated heterocycles. The average molecular weight is 382 g/mol. The third kappa shape index (κ3) is 5.37. The number of anilines is 1. The zero-order valence-corrected chi connectivity index (χ0v) is 15.9. The van der Waals surface area contributed by atoms with E-state index in [0.29, 0.717) is 24.1 Å². The van der Waals surface area contributed by atoms with Crippen molar-refractivity contribution >= 4 is 34.8 Å². The molecule has 2 aromatic carbocycles. The summed E-state index contributed by atoms with van der Waals surface area (Å²) in [6.45, 7) is 1.57. The molecule has 0 aromatic heterocycles. The van der Waals surface area contributed by atoms with E-state index >= 15 is 0 Å². The topological polar surface area (TPSA) is 61.4 Å². The molecule has 3 rings (SSSR count). The summed E-state index contributed by atoms with van der Waals surface area (Å²) < 4.78 is 0. The summed E-state index contributed by atoms with van der Waals surface area (Å²) in [6.07, 6.45) is 3.08. The lowest BCUT2D eigenvalue weighted by Gasteiger charge is -2.18. The van der Waals surface area contributed by atoms with Gasteiger partial charge in [-0.15, -0.1) is 0 Å². The van der Waals surface area contributed by atoms with Gasteiger partial charge in [-0.25, -0.2) is 0 Å². The first-order valence-corrected chi connectivity index (χ1v) is 9.57. The molecule has 1 fully saturated rings. The van der Waals surface area contributed by atoms with Crippen LogP contribution in [0.2, 0.25) is 0 Å². The Kier molecular flexibility index (Phi) is 6.54. The van der Waals surface area contributed by atoms with Crippen LogP contribution < -0.4 is 10.6 Å². The molecule has 2 N–H and O–H groups in total. The first-order chi connectivity index (χ1) is 13.1. The maximum atomic E-state index is 12.7. The predicted molar refractivity (Wildman–Crippen MR) is 111 cm³/mol. The van der Waals surface area contributed by atoms with Crippen molar-refractivity contribution in [3.8, 4) is 0 Å². The van der Waals surface area contributed by atoms with Gasteiger partial charge in [-0.2, -0.15) is 0 Å². The lowest BCUT2D eigenvalue weighted by molar-refractivity contribution is -0.119. The Bertz CT molecular complexity index is 817. The van der Waals surface area contributed by atoms with Crippen molar-refractivity contribution < 1.29 is 9.59 Å². The van der Waals surface area contributed by atoms with Crippen molar-refractivity contribution in [2.24, 2.45) is 0 Å². The number of para-hydroxylation sites is 1. The van der Waals surface area contributed by atoms with E-state index in [9.17, 15) is 9.59 Å². The summed E-state index contributed by atoms with van der Waals surface area (Å²) in [6, 6.07) is 17.1. The van der Waals surface area contributed by atoms with E-state index in [-0.39, 0.29) is 16.9 Å². The van der Waals surface area contributed by atoms with Crippen LogP contribution in [0.15, 0.2) is 54.6 Å². The zero-order valence-electron chi connectivity index (χ0n) is 15.1. The summed E-state index contributed by atoms with van der Waals surface area (Å²) in [4.78, 5) is 26.7. The molecule has 1 aliphatic heterocycles. The summed E-state index contributed by atoms with van der Waals surface area (Å²) in [7, 11) is 0. The number of hydrogen-bond donors (Lipinski definition) is 2. The molecule has 2 aromatic rings. The van der Waals surface area contributed by atoms with Crippen molar-refractivity contribution in [2.45, 2.75) is 25.7 Å². The number of rotatable bonds is 5. The Labute approximate surface area is 164 Å². The fraction of sp³-hybridized carbons (Fsp3) is 0.286. The standard InChI is InChI=1S/C21H23N3O2S/c25-19(13-12-16-8-2-1-3-9-16)23-21(27)22-18-11-5-4-10-17(18)20(26)24-14-6-7-15-24/h1-5,8-11H,6-7,12-15H2,(H2,22,23,25,27). The van der Waals surface area contributed by atoms with E-state index in [2.05, 4.69) is 10.6 Å². The summed E-state index contributed by atoms with van der Waals surface area (Å²) in [5.41, 5.74) is 2.29. The number of likely N-dealkylation sites (tertiary alicyclic amines) is 1. The highest BCUT2D eigenvalue weighted by Crippen LogP contribution is 2.20. The molecule has 2 amide bonds. The third-order valence-corrected chi connectivity index (χ3v) is 4.74. The van der Waals surface area contributed by atoms with Gasteiger partial charge in [0.05, 0.1) is 11.3 Å². The monoisotopic (exact) mass is 381 g/mol. The van der Waals surface area contributed by atoms with Gasteiger partial charge in [0.25, 0.3) is 5.91 Å².